The second-order valence-corrected chi connectivity index (χ2v) is 3.15. The van der Waals surface area contributed by atoms with Crippen LogP contribution < -0.4 is 4.74 Å². The van der Waals surface area contributed by atoms with Gasteiger partial charge in [0.15, 0.2) is 0 Å². The number of benzene rings is 1. The van der Waals surface area contributed by atoms with Crippen LogP contribution in [0.1, 0.15) is 19.4 Å². The lowest BCUT2D eigenvalue weighted by atomic mass is 10.1. The molecule has 86 valence electrons. The Morgan fingerprint density at radius 2 is 2.19 bits per heavy atom. The molecule has 0 saturated carbocycles. The highest BCUT2D eigenvalue weighted by Crippen LogP contribution is 2.21. The van der Waals surface area contributed by atoms with Crippen molar-refractivity contribution in [3.8, 4) is 5.75 Å². The summed E-state index contributed by atoms with van der Waals surface area (Å²) in [5, 5.41) is 0. The van der Waals surface area contributed by atoms with Gasteiger partial charge in [0.1, 0.15) is 5.75 Å². The summed E-state index contributed by atoms with van der Waals surface area (Å²) in [5.41, 5.74) is 1.36. The van der Waals surface area contributed by atoms with Crippen molar-refractivity contribution in [1.29, 1.82) is 0 Å². The van der Waals surface area contributed by atoms with Gasteiger partial charge >= 0.3 is 5.97 Å². The summed E-state index contributed by atoms with van der Waals surface area (Å²) in [4.78, 5) is 11.6. The number of carbonyl (C=O) groups is 1. The Labute approximate surface area is 95.7 Å². The van der Waals surface area contributed by atoms with Crippen LogP contribution in [0.2, 0.25) is 0 Å². The van der Waals surface area contributed by atoms with Crippen molar-refractivity contribution >= 4 is 11.5 Å². The molecule has 0 heterocycles. The van der Waals surface area contributed by atoms with Crippen LogP contribution in [0.25, 0.3) is 5.57 Å². The quantitative estimate of drug-likeness (QED) is 0.578. The molecule has 0 aliphatic heterocycles. The standard InChI is InChI=1S/C13H16O3/c1-4-12(13(14)16-5-2)10-7-6-8-11(9-10)15-3/h4,6-9H,5H2,1-3H3/b12-4-. The molecule has 0 spiro atoms. The van der Waals surface area contributed by atoms with Crippen LogP contribution in [0.3, 0.4) is 0 Å². The zero-order valence-corrected chi connectivity index (χ0v) is 9.82. The number of allylic oxidation sites excluding steroid dienone is 1. The third-order valence-electron chi connectivity index (χ3n) is 2.16. The fourth-order valence-electron chi connectivity index (χ4n) is 1.40. The minimum absolute atomic E-state index is 0.307. The molecule has 0 N–H and O–H groups in total. The van der Waals surface area contributed by atoms with E-state index in [1.54, 1.807) is 20.1 Å². The van der Waals surface area contributed by atoms with E-state index in [9.17, 15) is 4.79 Å². The molecule has 16 heavy (non-hydrogen) atoms. The SMILES string of the molecule is C/C=C(\C(=O)OCC)c1cccc(OC)c1. The van der Waals surface area contributed by atoms with Crippen LogP contribution in [0, 0.1) is 0 Å². The molecule has 0 bridgehead atoms. The molecule has 0 amide bonds. The molecule has 1 rings (SSSR count). The van der Waals surface area contributed by atoms with Crippen molar-refractivity contribution in [2.24, 2.45) is 0 Å². The Balaban J connectivity index is 3.00. The maximum atomic E-state index is 11.6. The first kappa shape index (κ1) is 12.3. The number of hydrogen-bond donors (Lipinski definition) is 0. The van der Waals surface area contributed by atoms with Crippen molar-refractivity contribution in [3.63, 3.8) is 0 Å². The van der Waals surface area contributed by atoms with Crippen molar-refractivity contribution in [1.82, 2.24) is 0 Å². The van der Waals surface area contributed by atoms with E-state index in [1.165, 1.54) is 0 Å². The summed E-state index contributed by atoms with van der Waals surface area (Å²) in [7, 11) is 1.60. The molecule has 1 aromatic carbocycles. The van der Waals surface area contributed by atoms with Gasteiger partial charge in [-0.25, -0.2) is 4.79 Å². The third kappa shape index (κ3) is 2.86. The second-order valence-electron chi connectivity index (χ2n) is 3.15. The van der Waals surface area contributed by atoms with E-state index in [1.807, 2.05) is 31.2 Å². The smallest absolute Gasteiger partial charge is 0.338 e. The van der Waals surface area contributed by atoms with Crippen LogP contribution in [0.15, 0.2) is 30.3 Å². The number of rotatable bonds is 4. The van der Waals surface area contributed by atoms with Crippen molar-refractivity contribution < 1.29 is 14.3 Å². The van der Waals surface area contributed by atoms with E-state index in [-0.39, 0.29) is 5.97 Å². The van der Waals surface area contributed by atoms with E-state index in [2.05, 4.69) is 0 Å². The highest BCUT2D eigenvalue weighted by Gasteiger charge is 2.12. The Bertz CT molecular complexity index is 394. The average molecular weight is 220 g/mol. The Hall–Kier alpha value is -1.77. The van der Waals surface area contributed by atoms with Crippen LogP contribution >= 0.6 is 0 Å². The Morgan fingerprint density at radius 3 is 2.75 bits per heavy atom. The summed E-state index contributed by atoms with van der Waals surface area (Å²) in [6.45, 7) is 3.97. The van der Waals surface area contributed by atoms with E-state index in [0.29, 0.717) is 12.2 Å². The summed E-state index contributed by atoms with van der Waals surface area (Å²) in [5.74, 6) is 0.416. The van der Waals surface area contributed by atoms with E-state index in [4.69, 9.17) is 9.47 Å². The molecule has 0 atom stereocenters. The molecule has 3 nitrogen and oxygen atoms in total. The normalized spacial score (nSPS) is 11.1. The maximum absolute atomic E-state index is 11.6. The number of hydrogen-bond acceptors (Lipinski definition) is 3. The van der Waals surface area contributed by atoms with E-state index in [0.717, 1.165) is 11.3 Å². The molecule has 1 aromatic rings. The van der Waals surface area contributed by atoms with E-state index < -0.39 is 0 Å². The molecule has 0 aliphatic carbocycles. The summed E-state index contributed by atoms with van der Waals surface area (Å²) >= 11 is 0. The van der Waals surface area contributed by atoms with Gasteiger partial charge in [-0.3, -0.25) is 0 Å². The van der Waals surface area contributed by atoms with Crippen molar-refractivity contribution in [2.45, 2.75) is 13.8 Å². The predicted octanol–water partition coefficient (Wildman–Crippen LogP) is 2.66. The lowest BCUT2D eigenvalue weighted by Crippen LogP contribution is -2.06. The Kier molecular flexibility index (Phi) is 4.58. The zero-order chi connectivity index (χ0) is 12.0. The molecule has 0 radical (unpaired) electrons. The fraction of sp³-hybridized carbons (Fsp3) is 0.308. The van der Waals surface area contributed by atoms with E-state index >= 15 is 0 Å². The lowest BCUT2D eigenvalue weighted by molar-refractivity contribution is -0.136. The van der Waals surface area contributed by atoms with Gasteiger partial charge in [-0.1, -0.05) is 18.2 Å². The molecule has 0 saturated heterocycles. The predicted molar refractivity (Wildman–Crippen MR) is 63.3 cm³/mol. The lowest BCUT2D eigenvalue weighted by Gasteiger charge is -2.08. The average Bonchev–Trinajstić information content (AvgIpc) is 2.31. The number of methoxy groups -OCH3 is 1. The van der Waals surface area contributed by atoms with Crippen molar-refractivity contribution in [2.75, 3.05) is 13.7 Å². The Morgan fingerprint density at radius 1 is 1.44 bits per heavy atom. The number of carbonyl (C=O) groups excluding carboxylic acids is 1. The van der Waals surface area contributed by atoms with Gasteiger partial charge in [0.25, 0.3) is 0 Å². The molecule has 0 fully saturated rings. The van der Waals surface area contributed by atoms with Gasteiger partial charge < -0.3 is 9.47 Å². The minimum atomic E-state index is -0.307. The topological polar surface area (TPSA) is 35.5 Å². The highest BCUT2D eigenvalue weighted by molar-refractivity contribution is 6.16. The van der Waals surface area contributed by atoms with Gasteiger partial charge in [-0.2, -0.15) is 0 Å². The van der Waals surface area contributed by atoms with Crippen LogP contribution in [-0.4, -0.2) is 19.7 Å². The first-order chi connectivity index (χ1) is 7.72. The van der Waals surface area contributed by atoms with Crippen LogP contribution in [-0.2, 0) is 9.53 Å². The minimum Gasteiger partial charge on any atom is -0.497 e. The summed E-state index contributed by atoms with van der Waals surface area (Å²) in [6, 6.07) is 7.35. The number of esters is 1. The molecular weight excluding hydrogens is 204 g/mol. The first-order valence-corrected chi connectivity index (χ1v) is 5.20. The molecular formula is C13H16O3. The van der Waals surface area contributed by atoms with Gasteiger partial charge in [0.2, 0.25) is 0 Å². The van der Waals surface area contributed by atoms with Gasteiger partial charge in [0.05, 0.1) is 19.3 Å². The van der Waals surface area contributed by atoms with Gasteiger partial charge in [-0.15, -0.1) is 0 Å². The highest BCUT2D eigenvalue weighted by atomic mass is 16.5. The third-order valence-corrected chi connectivity index (χ3v) is 2.16. The van der Waals surface area contributed by atoms with Crippen LogP contribution in [0.5, 0.6) is 5.75 Å². The van der Waals surface area contributed by atoms with Crippen LogP contribution in [0.4, 0.5) is 0 Å². The zero-order valence-electron chi connectivity index (χ0n) is 9.82. The maximum Gasteiger partial charge on any atom is 0.338 e. The molecule has 0 unspecified atom stereocenters. The van der Waals surface area contributed by atoms with Crippen molar-refractivity contribution in [3.05, 3.63) is 35.9 Å². The summed E-state index contributed by atoms with van der Waals surface area (Å²) < 4.78 is 10.1. The summed E-state index contributed by atoms with van der Waals surface area (Å²) in [6.07, 6.45) is 1.74. The monoisotopic (exact) mass is 220 g/mol. The second kappa shape index (κ2) is 5.95. The largest absolute Gasteiger partial charge is 0.497 e. The fourth-order valence-corrected chi connectivity index (χ4v) is 1.40. The number of ether oxygens (including phenoxy) is 2. The molecule has 0 aliphatic rings. The van der Waals surface area contributed by atoms with Gasteiger partial charge in [0, 0.05) is 0 Å². The molecule has 0 aromatic heterocycles. The van der Waals surface area contributed by atoms with Gasteiger partial charge in [-0.05, 0) is 31.5 Å². The molecule has 3 heteroatoms. The first-order valence-electron chi connectivity index (χ1n) is 5.20.